The van der Waals surface area contributed by atoms with Crippen molar-refractivity contribution in [2.45, 2.75) is 56.7 Å². The fraction of sp³-hybridized carbons (Fsp3) is 0.512. The van der Waals surface area contributed by atoms with Gasteiger partial charge in [-0.2, -0.15) is 5.10 Å². The summed E-state index contributed by atoms with van der Waals surface area (Å²) in [6.45, 7) is 8.44. The standard InChI is InChI=1S/C41H50BrN9O5/c1-46-23-29(19-31(25-46)44-34-21-43-47(2)41(56)37(34)42)27-3-5-28(6-4-27)39(54)50-13-11-26(12-14-50)22-48-15-17-49(18-16-48)32-7-8-33-30(20-32)24-51(40(33)55)35-9-10-36(52)45-38(35)53/h3-8,20-21,26,29,31,35,44H,9-19,22-25H2,1-2H3,(H,45,52,53). The molecule has 6 heterocycles. The first-order valence-electron chi connectivity index (χ1n) is 19.8. The number of likely N-dealkylation sites (tertiary alicyclic amines) is 2. The maximum Gasteiger partial charge on any atom is 0.282 e. The van der Waals surface area contributed by atoms with Crippen molar-refractivity contribution in [2.75, 3.05) is 76.2 Å². The van der Waals surface area contributed by atoms with Gasteiger partial charge in [-0.15, -0.1) is 0 Å². The highest BCUT2D eigenvalue weighted by molar-refractivity contribution is 9.10. The van der Waals surface area contributed by atoms with Crippen LogP contribution in [0, 0.1) is 5.92 Å². The molecule has 4 saturated heterocycles. The highest BCUT2D eigenvalue weighted by Crippen LogP contribution is 2.32. The second kappa shape index (κ2) is 16.1. The summed E-state index contributed by atoms with van der Waals surface area (Å²) in [4.78, 5) is 73.9. The van der Waals surface area contributed by atoms with Gasteiger partial charge in [-0.25, -0.2) is 4.68 Å². The van der Waals surface area contributed by atoms with Crippen molar-refractivity contribution in [3.05, 3.63) is 85.7 Å². The van der Waals surface area contributed by atoms with E-state index in [9.17, 15) is 24.0 Å². The van der Waals surface area contributed by atoms with Crippen molar-refractivity contribution in [3.8, 4) is 0 Å². The predicted octanol–water partition coefficient (Wildman–Crippen LogP) is 2.88. The van der Waals surface area contributed by atoms with Crippen LogP contribution in [0.5, 0.6) is 0 Å². The number of hydrogen-bond donors (Lipinski definition) is 2. The molecular weight excluding hydrogens is 778 g/mol. The van der Waals surface area contributed by atoms with Crippen LogP contribution in [0.1, 0.15) is 69.9 Å². The lowest BCUT2D eigenvalue weighted by Gasteiger charge is -2.39. The van der Waals surface area contributed by atoms with Gasteiger partial charge < -0.3 is 24.9 Å². The molecule has 15 heteroatoms. The lowest BCUT2D eigenvalue weighted by Crippen LogP contribution is -2.52. The number of fused-ring (bicyclic) bond motifs is 1. The van der Waals surface area contributed by atoms with Crippen molar-refractivity contribution in [1.29, 1.82) is 0 Å². The van der Waals surface area contributed by atoms with Crippen LogP contribution < -0.4 is 21.1 Å². The molecule has 0 radical (unpaired) electrons. The van der Waals surface area contributed by atoms with Gasteiger partial charge in [0.15, 0.2) is 0 Å². The molecule has 0 bridgehead atoms. The topological polar surface area (TPSA) is 143 Å². The highest BCUT2D eigenvalue weighted by Gasteiger charge is 2.39. The summed E-state index contributed by atoms with van der Waals surface area (Å²) in [5.41, 5.74) is 5.14. The molecule has 0 spiro atoms. The van der Waals surface area contributed by atoms with E-state index in [2.05, 4.69) is 71.6 Å². The molecule has 56 heavy (non-hydrogen) atoms. The molecule has 5 aliphatic rings. The molecule has 3 unspecified atom stereocenters. The van der Waals surface area contributed by atoms with Crippen LogP contribution in [0.25, 0.3) is 0 Å². The lowest BCUT2D eigenvalue weighted by atomic mass is 9.87. The molecule has 4 fully saturated rings. The molecule has 0 aliphatic carbocycles. The molecular formula is C41H50BrN9O5. The number of amides is 4. The number of carbonyl (C=O) groups excluding carboxylic acids is 4. The van der Waals surface area contributed by atoms with E-state index in [1.54, 1.807) is 18.1 Å². The summed E-state index contributed by atoms with van der Waals surface area (Å²) in [5.74, 6) is 0.135. The molecule has 3 aromatic rings. The van der Waals surface area contributed by atoms with E-state index in [-0.39, 0.29) is 41.7 Å². The molecule has 0 saturated carbocycles. The van der Waals surface area contributed by atoms with E-state index < -0.39 is 6.04 Å². The number of carbonyl (C=O) groups is 4. The molecule has 8 rings (SSSR count). The molecule has 296 valence electrons. The number of anilines is 2. The van der Waals surface area contributed by atoms with E-state index >= 15 is 0 Å². The van der Waals surface area contributed by atoms with Gasteiger partial charge in [-0.3, -0.25) is 34.2 Å². The monoisotopic (exact) mass is 827 g/mol. The number of piperazine rings is 1. The molecule has 1 aromatic heterocycles. The molecule has 4 amide bonds. The Morgan fingerprint density at radius 3 is 2.41 bits per heavy atom. The minimum Gasteiger partial charge on any atom is -0.379 e. The zero-order chi connectivity index (χ0) is 39.1. The van der Waals surface area contributed by atoms with Crippen molar-refractivity contribution >= 4 is 50.9 Å². The van der Waals surface area contributed by atoms with Gasteiger partial charge in [0.25, 0.3) is 17.4 Å². The first-order valence-corrected chi connectivity index (χ1v) is 20.6. The normalized spacial score (nSPS) is 24.0. The lowest BCUT2D eigenvalue weighted by molar-refractivity contribution is -0.136. The Kier molecular flexibility index (Phi) is 11.0. The summed E-state index contributed by atoms with van der Waals surface area (Å²) in [6.07, 6.45) is 5.19. The fourth-order valence-corrected chi connectivity index (χ4v) is 9.68. The summed E-state index contributed by atoms with van der Waals surface area (Å²) in [7, 11) is 3.75. The Bertz CT molecular complexity index is 2060. The number of nitrogens with zero attached hydrogens (tertiary/aromatic N) is 7. The molecule has 3 atom stereocenters. The highest BCUT2D eigenvalue weighted by atomic mass is 79.9. The minimum atomic E-state index is -0.605. The Labute approximate surface area is 335 Å². The average molecular weight is 829 g/mol. The summed E-state index contributed by atoms with van der Waals surface area (Å²) >= 11 is 3.43. The molecule has 5 aliphatic heterocycles. The Hall–Kier alpha value is -4.60. The van der Waals surface area contributed by atoms with Crippen LogP contribution in [0.15, 0.2) is 57.9 Å². The van der Waals surface area contributed by atoms with Gasteiger partial charge in [-0.05, 0) is 102 Å². The van der Waals surface area contributed by atoms with Crippen molar-refractivity contribution < 1.29 is 19.2 Å². The van der Waals surface area contributed by atoms with Gasteiger partial charge in [0, 0.05) is 102 Å². The quantitative estimate of drug-likeness (QED) is 0.326. The van der Waals surface area contributed by atoms with Crippen LogP contribution >= 0.6 is 15.9 Å². The zero-order valence-corrected chi connectivity index (χ0v) is 33.7. The second-order valence-electron chi connectivity index (χ2n) is 16.2. The van der Waals surface area contributed by atoms with Crippen molar-refractivity contribution in [2.24, 2.45) is 13.0 Å². The van der Waals surface area contributed by atoms with E-state index in [1.165, 1.54) is 10.2 Å². The van der Waals surface area contributed by atoms with E-state index in [4.69, 9.17) is 0 Å². The largest absolute Gasteiger partial charge is 0.379 e. The van der Waals surface area contributed by atoms with Crippen molar-refractivity contribution in [3.63, 3.8) is 0 Å². The van der Waals surface area contributed by atoms with Crippen LogP contribution in [0.4, 0.5) is 11.4 Å². The first-order chi connectivity index (χ1) is 27.0. The number of benzene rings is 2. The number of rotatable bonds is 8. The van der Waals surface area contributed by atoms with E-state index in [1.807, 2.05) is 29.2 Å². The van der Waals surface area contributed by atoms with Gasteiger partial charge >= 0.3 is 0 Å². The number of aromatic nitrogens is 2. The summed E-state index contributed by atoms with van der Waals surface area (Å²) in [6, 6.07) is 13.7. The third kappa shape index (κ3) is 7.98. The summed E-state index contributed by atoms with van der Waals surface area (Å²) < 4.78 is 1.80. The van der Waals surface area contributed by atoms with Crippen LogP contribution in [-0.2, 0) is 23.2 Å². The minimum absolute atomic E-state index is 0.100. The average Bonchev–Trinajstić information content (AvgIpc) is 3.53. The van der Waals surface area contributed by atoms with Gasteiger partial charge in [0.05, 0.1) is 11.9 Å². The molecule has 2 N–H and O–H groups in total. The molecule has 14 nitrogen and oxygen atoms in total. The number of aryl methyl sites for hydroxylation is 1. The van der Waals surface area contributed by atoms with E-state index in [0.717, 1.165) is 95.0 Å². The van der Waals surface area contributed by atoms with Gasteiger partial charge in [0.1, 0.15) is 10.5 Å². The number of halogens is 1. The SMILES string of the molecule is CN1CC(Nc2cnn(C)c(=O)c2Br)CC(c2ccc(C(=O)N3CCC(CN4CCN(c5ccc6c(c5)CN(C5CCC(=O)NC5=O)C6=O)CC4)CC3)cc2)C1. The first kappa shape index (κ1) is 38.3. The Balaban J connectivity index is 0.787. The van der Waals surface area contributed by atoms with Crippen molar-refractivity contribution in [1.82, 2.24) is 34.7 Å². The maximum atomic E-state index is 13.6. The predicted molar refractivity (Wildman–Crippen MR) is 216 cm³/mol. The number of likely N-dealkylation sites (N-methyl/N-ethyl adjacent to an activating group) is 1. The van der Waals surface area contributed by atoms with Crippen LogP contribution in [-0.4, -0.2) is 131 Å². The van der Waals surface area contributed by atoms with E-state index in [0.29, 0.717) is 40.5 Å². The second-order valence-corrected chi connectivity index (χ2v) is 17.0. The fourth-order valence-electron chi connectivity index (χ4n) is 9.21. The third-order valence-electron chi connectivity index (χ3n) is 12.4. The molecule has 2 aromatic carbocycles. The van der Waals surface area contributed by atoms with Crippen LogP contribution in [0.3, 0.4) is 0 Å². The van der Waals surface area contributed by atoms with Crippen LogP contribution in [0.2, 0.25) is 0 Å². The van der Waals surface area contributed by atoms with Gasteiger partial charge in [0.2, 0.25) is 11.8 Å². The number of imide groups is 1. The smallest absolute Gasteiger partial charge is 0.282 e. The zero-order valence-electron chi connectivity index (χ0n) is 32.1. The van der Waals surface area contributed by atoms with Gasteiger partial charge in [-0.1, -0.05) is 12.1 Å². The third-order valence-corrected chi connectivity index (χ3v) is 13.1. The maximum absolute atomic E-state index is 13.6. The number of nitrogens with one attached hydrogen (secondary N) is 2. The summed E-state index contributed by atoms with van der Waals surface area (Å²) in [5, 5.41) is 10.1. The Morgan fingerprint density at radius 2 is 1.68 bits per heavy atom. The number of piperidine rings is 3. The Morgan fingerprint density at radius 1 is 0.929 bits per heavy atom. The number of hydrogen-bond acceptors (Lipinski definition) is 10.